The number of anilines is 2. The summed E-state index contributed by atoms with van der Waals surface area (Å²) >= 11 is 2.89. The van der Waals surface area contributed by atoms with E-state index in [4.69, 9.17) is 5.11 Å². The molecule has 0 spiro atoms. The van der Waals surface area contributed by atoms with Gasteiger partial charge in [0, 0.05) is 90.9 Å². The molecule has 6 heterocycles. The van der Waals surface area contributed by atoms with Crippen LogP contribution in [0.2, 0.25) is 0 Å². The van der Waals surface area contributed by atoms with Gasteiger partial charge >= 0.3 is 29.8 Å². The predicted octanol–water partition coefficient (Wildman–Crippen LogP) is 10.0. The van der Waals surface area contributed by atoms with Crippen molar-refractivity contribution in [3.8, 4) is 11.1 Å². The normalized spacial score (nSPS) is 17.4. The topological polar surface area (TPSA) is 210 Å². The zero-order chi connectivity index (χ0) is 62.1. The summed E-state index contributed by atoms with van der Waals surface area (Å²) < 4.78 is 131. The average molecular weight is 1250 g/mol. The fourth-order valence-corrected chi connectivity index (χ4v) is 10.5. The molecular weight excluding hydrogens is 1190 g/mol. The van der Waals surface area contributed by atoms with Crippen LogP contribution in [0.15, 0.2) is 75.0 Å². The Balaban J connectivity index is 0.000000225. The van der Waals surface area contributed by atoms with Gasteiger partial charge in [0.2, 0.25) is 0 Å². The van der Waals surface area contributed by atoms with Gasteiger partial charge in [-0.05, 0) is 127 Å². The summed E-state index contributed by atoms with van der Waals surface area (Å²) in [5.41, 5.74) is -1.83. The lowest BCUT2D eigenvalue weighted by Gasteiger charge is -2.38. The number of aromatic nitrogens is 4. The minimum absolute atomic E-state index is 0.00940. The van der Waals surface area contributed by atoms with Gasteiger partial charge in [0.25, 0.3) is 11.5 Å². The number of fused-ring (bicyclic) bond motifs is 1. The third kappa shape index (κ3) is 15.4. The summed E-state index contributed by atoms with van der Waals surface area (Å²) in [6.45, 7) is 7.75. The summed E-state index contributed by atoms with van der Waals surface area (Å²) in [6.07, 6.45) is 5.93. The lowest BCUT2D eigenvalue weighted by Crippen LogP contribution is -2.48. The molecular formula is C57H62BrF9N8O9. The molecule has 3 aromatic carbocycles. The zero-order valence-electron chi connectivity index (χ0n) is 46.5. The molecule has 0 radical (unpaired) electrons. The molecule has 6 aromatic rings. The van der Waals surface area contributed by atoms with Crippen LogP contribution in [0, 0.1) is 41.8 Å². The zero-order valence-corrected chi connectivity index (χ0v) is 48.1. The maximum atomic E-state index is 15.1. The molecule has 454 valence electrons. The number of benzene rings is 3. The molecule has 3 aliphatic rings. The van der Waals surface area contributed by atoms with Crippen LogP contribution in [0.5, 0.6) is 0 Å². The number of carboxylic acid groups (broad SMARTS) is 2. The second-order valence-electron chi connectivity index (χ2n) is 20.3. The second kappa shape index (κ2) is 28.3. The number of carboxylic acids is 2. The van der Waals surface area contributed by atoms with Crippen molar-refractivity contribution >= 4 is 56.8 Å². The van der Waals surface area contributed by atoms with E-state index in [0.29, 0.717) is 59.8 Å². The fourth-order valence-electron chi connectivity index (χ4n) is 10.1. The first-order chi connectivity index (χ1) is 39.6. The molecule has 3 saturated heterocycles. The number of esters is 1. The van der Waals surface area contributed by atoms with Crippen molar-refractivity contribution in [3.05, 3.63) is 149 Å². The SMILES string of the molecule is COC(=O)c1c(F)cc(Br)cc1F.C[C@H]1CCCCN1.Cc1c(-c2ccc(C[C@H](NC(=O)c3c(F)cc(N4CCCC[C@@H]4C)cc3F)C(=O)O)n3ccnc23)c(=O)n(C)c(=O)n1C.O=C(O)c1c(F)cc(N2CCCC[C@@H]2C(F)(F)F)cc1F. The number of rotatable bonds is 10. The minimum atomic E-state index is -4.52. The number of imidazole rings is 1. The number of amides is 1. The van der Waals surface area contributed by atoms with E-state index in [1.807, 2.05) is 11.8 Å². The van der Waals surface area contributed by atoms with Gasteiger partial charge in [-0.1, -0.05) is 22.4 Å². The van der Waals surface area contributed by atoms with Crippen LogP contribution in [-0.4, -0.2) is 110 Å². The smallest absolute Gasteiger partial charge is 0.408 e. The molecule has 0 saturated carbocycles. The molecule has 3 aromatic heterocycles. The van der Waals surface area contributed by atoms with Crippen molar-refractivity contribution in [2.75, 3.05) is 36.5 Å². The monoisotopic (exact) mass is 1250 g/mol. The van der Waals surface area contributed by atoms with Crippen LogP contribution in [0.3, 0.4) is 0 Å². The molecule has 3 fully saturated rings. The van der Waals surface area contributed by atoms with E-state index in [1.165, 1.54) is 43.6 Å². The maximum Gasteiger partial charge on any atom is 0.408 e. The highest BCUT2D eigenvalue weighted by Gasteiger charge is 2.45. The van der Waals surface area contributed by atoms with Crippen LogP contribution in [-0.2, 0) is 30.0 Å². The summed E-state index contributed by atoms with van der Waals surface area (Å²) in [5, 5.41) is 24.2. The molecule has 1 amide bonds. The number of hydrogen-bond acceptors (Lipinski definition) is 11. The van der Waals surface area contributed by atoms with Crippen molar-refractivity contribution in [3.63, 3.8) is 0 Å². The van der Waals surface area contributed by atoms with Crippen LogP contribution < -0.4 is 31.7 Å². The largest absolute Gasteiger partial charge is 0.480 e. The molecule has 0 bridgehead atoms. The van der Waals surface area contributed by atoms with Gasteiger partial charge in [-0.25, -0.2) is 50.5 Å². The Hall–Kier alpha value is -7.68. The Morgan fingerprint density at radius 2 is 1.31 bits per heavy atom. The molecule has 9 rings (SSSR count). The van der Waals surface area contributed by atoms with Gasteiger partial charge in [0.15, 0.2) is 0 Å². The van der Waals surface area contributed by atoms with E-state index in [-0.39, 0.29) is 41.2 Å². The number of hydrogen-bond donors (Lipinski definition) is 4. The van der Waals surface area contributed by atoms with Gasteiger partial charge in [0.05, 0.1) is 12.7 Å². The lowest BCUT2D eigenvalue weighted by molar-refractivity contribution is -0.152. The number of carbonyl (C=O) groups excluding carboxylic acids is 2. The minimum Gasteiger partial charge on any atom is -0.480 e. The van der Waals surface area contributed by atoms with E-state index < -0.39 is 105 Å². The molecule has 3 aliphatic heterocycles. The molecule has 0 unspecified atom stereocenters. The number of pyridine rings is 1. The van der Waals surface area contributed by atoms with E-state index in [9.17, 15) is 64.6 Å². The second-order valence-corrected chi connectivity index (χ2v) is 21.3. The number of nitrogens with one attached hydrogen (secondary N) is 2. The average Bonchev–Trinajstić information content (AvgIpc) is 1.73. The van der Waals surface area contributed by atoms with Crippen molar-refractivity contribution in [2.24, 2.45) is 14.1 Å². The number of methoxy groups -OCH3 is 1. The summed E-state index contributed by atoms with van der Waals surface area (Å²) in [6, 6.07) is 6.15. The highest BCUT2D eigenvalue weighted by atomic mass is 79.9. The van der Waals surface area contributed by atoms with Crippen LogP contribution in [0.1, 0.15) is 114 Å². The summed E-state index contributed by atoms with van der Waals surface area (Å²) in [7, 11) is 3.98. The van der Waals surface area contributed by atoms with Crippen molar-refractivity contribution in [1.29, 1.82) is 0 Å². The fraction of sp³-hybridized carbons (Fsp3) is 0.421. The number of carbonyl (C=O) groups is 4. The summed E-state index contributed by atoms with van der Waals surface area (Å²) in [5.74, 6) is -12.2. The lowest BCUT2D eigenvalue weighted by atomic mass is 10.00. The Bertz CT molecular complexity index is 3460. The van der Waals surface area contributed by atoms with E-state index in [1.54, 1.807) is 36.7 Å². The molecule has 17 nitrogen and oxygen atoms in total. The first-order valence-electron chi connectivity index (χ1n) is 26.6. The Morgan fingerprint density at radius 1 is 0.762 bits per heavy atom. The Labute approximate surface area is 484 Å². The van der Waals surface area contributed by atoms with Gasteiger partial charge in [-0.15, -0.1) is 0 Å². The van der Waals surface area contributed by atoms with E-state index in [2.05, 4.69) is 43.2 Å². The molecule has 4 N–H and O–H groups in total. The van der Waals surface area contributed by atoms with Crippen molar-refractivity contribution < 1.29 is 73.6 Å². The predicted molar refractivity (Wildman–Crippen MR) is 297 cm³/mol. The standard InChI is InChI=1S/C30H32F2N6O5.C13H12F5NO2.C8H5BrF2O2.C6H13N/c1-16-7-5-6-11-37(16)19-13-21(31)25(22(32)14-19)27(39)34-23(29(41)42)15-18-8-9-20(26-33-10-12-38(18)26)24-17(2)35(3)30(43)36(4)28(24)40;14-8-5-7(6-9(15)11(8)12(20)21)19-4-2-1-3-10(19)13(16,17)18;1-13-8(12)7-5(10)2-4(9)3-6(7)11;1-6-4-2-3-5-7-6/h8-10,12-14,16,23H,5-7,11,15H2,1-4H3,(H,34,39)(H,41,42);5-6,10H,1-4H2,(H,20,21);2-3H,1H3;6-7H,2-5H2,1H3/t16-,23-;10-;;6-/m01.0/s1. The van der Waals surface area contributed by atoms with E-state index in [0.717, 1.165) is 66.1 Å². The van der Waals surface area contributed by atoms with Crippen molar-refractivity contribution in [2.45, 2.75) is 115 Å². The Kier molecular flexibility index (Phi) is 22.0. The first kappa shape index (κ1) is 65.5. The quantitative estimate of drug-likeness (QED) is 0.0744. The highest BCUT2D eigenvalue weighted by Crippen LogP contribution is 2.37. The van der Waals surface area contributed by atoms with Gasteiger partial charge < -0.3 is 44.4 Å². The number of nitrogens with zero attached hydrogens (tertiary/aromatic N) is 6. The number of aliphatic carboxylic acids is 1. The first-order valence-corrected chi connectivity index (χ1v) is 27.4. The maximum absolute atomic E-state index is 15.1. The van der Waals surface area contributed by atoms with Gasteiger partial charge in [-0.3, -0.25) is 14.2 Å². The number of alkyl halides is 3. The molecule has 0 aliphatic carbocycles. The highest BCUT2D eigenvalue weighted by molar-refractivity contribution is 9.10. The number of aromatic carboxylic acids is 1. The van der Waals surface area contributed by atoms with E-state index >= 15 is 8.78 Å². The Morgan fingerprint density at radius 3 is 1.82 bits per heavy atom. The number of piperidine rings is 3. The number of halogens is 10. The third-order valence-electron chi connectivity index (χ3n) is 14.7. The van der Waals surface area contributed by atoms with Crippen LogP contribution in [0.4, 0.5) is 50.9 Å². The van der Waals surface area contributed by atoms with Gasteiger partial charge in [-0.2, -0.15) is 13.2 Å². The summed E-state index contributed by atoms with van der Waals surface area (Å²) in [4.78, 5) is 79.2. The molecule has 84 heavy (non-hydrogen) atoms. The van der Waals surface area contributed by atoms with Crippen LogP contribution >= 0.6 is 15.9 Å². The third-order valence-corrected chi connectivity index (χ3v) is 15.1. The number of ether oxygens (including phenoxy) is 1. The van der Waals surface area contributed by atoms with Crippen LogP contribution in [0.25, 0.3) is 16.8 Å². The molecule has 27 heteroatoms. The van der Waals surface area contributed by atoms with Gasteiger partial charge in [0.1, 0.15) is 69.3 Å². The molecule has 4 atom stereocenters. The van der Waals surface area contributed by atoms with Crippen molar-refractivity contribution in [1.82, 2.24) is 29.2 Å².